The van der Waals surface area contributed by atoms with Gasteiger partial charge in [0.25, 0.3) is 0 Å². The molecule has 0 saturated heterocycles. The lowest BCUT2D eigenvalue weighted by Crippen LogP contribution is -2.54. The van der Waals surface area contributed by atoms with Crippen LogP contribution in [0.25, 0.3) is 11.1 Å². The normalized spacial score (nSPS) is 23.7. The van der Waals surface area contributed by atoms with Gasteiger partial charge in [-0.3, -0.25) is 24.0 Å². The summed E-state index contributed by atoms with van der Waals surface area (Å²) in [5, 5.41) is 11.4. The van der Waals surface area contributed by atoms with Crippen LogP contribution < -0.4 is 21.3 Å². The third-order valence-corrected chi connectivity index (χ3v) is 22.3. The lowest BCUT2D eigenvalue weighted by Gasteiger charge is -2.59. The quantitative estimate of drug-likeness (QED) is 0.0197. The Hall–Kier alpha value is -5.23. The lowest BCUT2D eigenvalue weighted by molar-refractivity contribution is -0.156. The molecule has 5 aliphatic carbocycles. The molecule has 506 valence electrons. The van der Waals surface area contributed by atoms with Crippen molar-refractivity contribution in [3.63, 3.8) is 0 Å². The summed E-state index contributed by atoms with van der Waals surface area (Å²) in [6.45, 7) is 29.5. The molecule has 0 bridgehead atoms. The number of esters is 2. The van der Waals surface area contributed by atoms with Gasteiger partial charge < -0.3 is 45.1 Å². The number of alkyl carbamates (subject to hydrolysis) is 1. The molecule has 5 aliphatic rings. The molecular formula is C73H111N5O11S2. The Morgan fingerprint density at radius 1 is 0.637 bits per heavy atom. The first-order chi connectivity index (χ1) is 42.9. The van der Waals surface area contributed by atoms with E-state index in [-0.39, 0.29) is 68.7 Å². The fourth-order valence-corrected chi connectivity index (χ4v) is 17.6. The van der Waals surface area contributed by atoms with Crippen molar-refractivity contribution in [2.24, 2.45) is 46.3 Å². The number of benzene rings is 2. The summed E-state index contributed by atoms with van der Waals surface area (Å²) in [6, 6.07) is 13.8. The van der Waals surface area contributed by atoms with Gasteiger partial charge in [0.2, 0.25) is 17.7 Å². The number of carbonyl (C=O) groups is 7. The van der Waals surface area contributed by atoms with Gasteiger partial charge in [0.1, 0.15) is 35.5 Å². The van der Waals surface area contributed by atoms with Crippen molar-refractivity contribution >= 4 is 63.4 Å². The number of amides is 5. The maximum atomic E-state index is 14.3. The van der Waals surface area contributed by atoms with Gasteiger partial charge in [-0.15, -0.1) is 0 Å². The second-order valence-electron chi connectivity index (χ2n) is 30.6. The van der Waals surface area contributed by atoms with Crippen LogP contribution in [-0.2, 0) is 42.9 Å². The molecule has 16 nitrogen and oxygen atoms in total. The molecular weight excluding hydrogens is 1190 g/mol. The highest BCUT2D eigenvalue weighted by atomic mass is 33.1. The SMILES string of the molecule is CC(C)CCC[C@@H](C)C1CC[C@H]2[C@H]3CC=C4C[C@@H](N(CCCNC(=O)[C@H](CCC(=O)OC(C)(C)C)NC(=O)[C@H](CCC(=O)OC(C)(C)C)NC(=O)CCSSCCNC(=O)OCC5c6ccccc6-c6ccccc65)C(=O)OC(C)(C)C)CCC4(C)C3CCC12C. The van der Waals surface area contributed by atoms with Crippen molar-refractivity contribution in [3.8, 4) is 11.1 Å². The molecule has 2 aromatic carbocycles. The van der Waals surface area contributed by atoms with Crippen molar-refractivity contribution in [2.45, 2.75) is 247 Å². The van der Waals surface area contributed by atoms with Crippen LogP contribution in [0.15, 0.2) is 60.2 Å². The summed E-state index contributed by atoms with van der Waals surface area (Å²) in [5.41, 5.74) is 4.23. The second-order valence-corrected chi connectivity index (χ2v) is 33.3. The fourth-order valence-electron chi connectivity index (χ4n) is 15.7. The minimum atomic E-state index is -1.23. The highest BCUT2D eigenvalue weighted by Crippen LogP contribution is 2.67. The second kappa shape index (κ2) is 32.3. The molecule has 2 aromatic rings. The maximum Gasteiger partial charge on any atom is 0.410 e. The predicted molar refractivity (Wildman–Crippen MR) is 364 cm³/mol. The van der Waals surface area contributed by atoms with Gasteiger partial charge in [-0.1, -0.05) is 136 Å². The Bertz CT molecular complexity index is 2810. The highest BCUT2D eigenvalue weighted by Gasteiger charge is 2.59. The van der Waals surface area contributed by atoms with Crippen molar-refractivity contribution in [1.82, 2.24) is 26.2 Å². The van der Waals surface area contributed by atoms with E-state index in [1.807, 2.05) is 49.9 Å². The Labute approximate surface area is 552 Å². The Morgan fingerprint density at radius 2 is 1.24 bits per heavy atom. The number of hydrogen-bond acceptors (Lipinski definition) is 13. The lowest BCUT2D eigenvalue weighted by atomic mass is 9.46. The zero-order valence-corrected chi connectivity index (χ0v) is 59.1. The van der Waals surface area contributed by atoms with E-state index >= 15 is 0 Å². The fraction of sp³-hybridized carbons (Fsp3) is 0.712. The highest BCUT2D eigenvalue weighted by molar-refractivity contribution is 8.76. The Morgan fingerprint density at radius 3 is 1.86 bits per heavy atom. The summed E-state index contributed by atoms with van der Waals surface area (Å²) in [6.07, 6.45) is 14.5. The predicted octanol–water partition coefficient (Wildman–Crippen LogP) is 14.7. The first-order valence-electron chi connectivity index (χ1n) is 34.2. The van der Waals surface area contributed by atoms with Crippen LogP contribution in [0.4, 0.5) is 9.59 Å². The largest absolute Gasteiger partial charge is 0.460 e. The van der Waals surface area contributed by atoms with Crippen LogP contribution in [0.5, 0.6) is 0 Å². The van der Waals surface area contributed by atoms with Gasteiger partial charge >= 0.3 is 24.1 Å². The van der Waals surface area contributed by atoms with E-state index in [9.17, 15) is 33.6 Å². The summed E-state index contributed by atoms with van der Waals surface area (Å²) < 4.78 is 22.9. The molecule has 0 aliphatic heterocycles. The number of carbonyl (C=O) groups excluding carboxylic acids is 7. The third kappa shape index (κ3) is 20.6. The number of nitrogens with one attached hydrogen (secondary N) is 4. The third-order valence-electron chi connectivity index (χ3n) is 19.9. The van der Waals surface area contributed by atoms with E-state index in [0.29, 0.717) is 48.3 Å². The molecule has 4 unspecified atom stereocenters. The maximum absolute atomic E-state index is 14.3. The molecule has 0 heterocycles. The first-order valence-corrected chi connectivity index (χ1v) is 36.7. The van der Waals surface area contributed by atoms with Crippen LogP contribution in [0.1, 0.15) is 223 Å². The summed E-state index contributed by atoms with van der Waals surface area (Å²) in [7, 11) is 2.91. The first kappa shape index (κ1) is 73.2. The average molecular weight is 1300 g/mol. The number of rotatable bonds is 29. The number of ether oxygens (including phenoxy) is 4. The van der Waals surface area contributed by atoms with E-state index in [1.54, 1.807) is 41.5 Å². The van der Waals surface area contributed by atoms with E-state index < -0.39 is 64.6 Å². The zero-order chi connectivity index (χ0) is 66.5. The van der Waals surface area contributed by atoms with Gasteiger partial charge in [0.05, 0.1) is 0 Å². The molecule has 10 atom stereocenters. The van der Waals surface area contributed by atoms with Gasteiger partial charge in [-0.05, 0) is 202 Å². The van der Waals surface area contributed by atoms with Crippen LogP contribution in [0, 0.1) is 46.3 Å². The minimum Gasteiger partial charge on any atom is -0.460 e. The van der Waals surface area contributed by atoms with E-state index in [0.717, 1.165) is 71.6 Å². The Balaban J connectivity index is 0.929. The van der Waals surface area contributed by atoms with Crippen LogP contribution in [0.3, 0.4) is 0 Å². The molecule has 3 fully saturated rings. The molecule has 0 spiro atoms. The summed E-state index contributed by atoms with van der Waals surface area (Å²) >= 11 is 0. The van der Waals surface area contributed by atoms with Gasteiger partial charge in [-0.2, -0.15) is 0 Å². The van der Waals surface area contributed by atoms with Crippen molar-refractivity contribution in [1.29, 1.82) is 0 Å². The van der Waals surface area contributed by atoms with E-state index in [1.165, 1.54) is 72.1 Å². The van der Waals surface area contributed by atoms with Crippen LogP contribution >= 0.6 is 21.6 Å². The van der Waals surface area contributed by atoms with Gasteiger partial charge in [-0.25, -0.2) is 9.59 Å². The standard InChI is InChI=1S/C73H111N5O11S2/c1-47(2)21-19-22-48(3)57-29-30-58-55-28-27-49-45-50(35-38-72(49,13)59(55)36-39-73(57,58)14)78(68(85)89-71(10,11)12)42-20-40-74-65(82)60(31-33-63(80)87-69(4,5)6)77-66(83)61(32-34-64(81)88-70(7,8)9)76-62(79)37-43-90-91-44-41-75-67(84)86-46-56-53-25-17-15-23-51(53)52-24-16-18-26-54(52)56/h15-18,23-27,47-48,50,55-61H,19-22,28-46H2,1-14H3,(H,74,82)(H,75,84)(H,76,79)(H,77,83)/t48-,50+,55-,57?,58+,59?,60+,61+,72?,73?/m1/s1. The molecule has 4 N–H and O–H groups in total. The topological polar surface area (TPSA) is 208 Å². The molecule has 0 aromatic heterocycles. The molecule has 91 heavy (non-hydrogen) atoms. The van der Waals surface area contributed by atoms with Crippen molar-refractivity contribution in [3.05, 3.63) is 71.3 Å². The summed E-state index contributed by atoms with van der Waals surface area (Å²) in [5.74, 6) is 2.45. The molecule has 3 saturated carbocycles. The van der Waals surface area contributed by atoms with E-state index in [4.69, 9.17) is 18.9 Å². The minimum absolute atomic E-state index is 0.0357. The average Bonchev–Trinajstić information content (AvgIpc) is 1.71. The monoisotopic (exact) mass is 1300 g/mol. The molecule has 5 amide bonds. The van der Waals surface area contributed by atoms with Crippen molar-refractivity contribution < 1.29 is 52.5 Å². The number of fused-ring (bicyclic) bond motifs is 8. The van der Waals surface area contributed by atoms with Gasteiger partial charge in [0, 0.05) is 62.4 Å². The van der Waals surface area contributed by atoms with Gasteiger partial charge in [0.15, 0.2) is 0 Å². The van der Waals surface area contributed by atoms with E-state index in [2.05, 4.69) is 86.2 Å². The summed E-state index contributed by atoms with van der Waals surface area (Å²) in [4.78, 5) is 97.1. The van der Waals surface area contributed by atoms with Crippen LogP contribution in [-0.4, -0.2) is 119 Å². The number of hydrogen-bond donors (Lipinski definition) is 4. The molecule has 18 heteroatoms. The van der Waals surface area contributed by atoms with Crippen LogP contribution in [0.2, 0.25) is 0 Å². The molecule has 7 rings (SSSR count). The Kier molecular flexibility index (Phi) is 26.0. The van der Waals surface area contributed by atoms with Crippen molar-refractivity contribution in [2.75, 3.05) is 37.7 Å². The number of nitrogens with zero attached hydrogens (tertiary/aromatic N) is 1. The molecule has 0 radical (unpaired) electrons. The smallest absolute Gasteiger partial charge is 0.410 e. The number of allylic oxidation sites excluding steroid dienone is 1. The zero-order valence-electron chi connectivity index (χ0n) is 57.5.